The summed E-state index contributed by atoms with van der Waals surface area (Å²) in [7, 11) is 0. The van der Waals surface area contributed by atoms with Gasteiger partial charge >= 0.3 is 0 Å². The minimum absolute atomic E-state index is 0.0260. The third kappa shape index (κ3) is 4.45. The molecule has 19 heavy (non-hydrogen) atoms. The number of hydrogen-bond donors (Lipinski definition) is 4. The number of rotatable bonds is 8. The van der Waals surface area contributed by atoms with Gasteiger partial charge in [-0.1, -0.05) is 0 Å². The van der Waals surface area contributed by atoms with Crippen LogP contribution in [0.3, 0.4) is 0 Å². The highest BCUT2D eigenvalue weighted by atomic mass is 16.6. The van der Waals surface area contributed by atoms with Crippen LogP contribution in [0, 0.1) is 10.1 Å². The van der Waals surface area contributed by atoms with Crippen LogP contribution in [0.15, 0.2) is 18.2 Å². The Hall–Kier alpha value is -1.74. The van der Waals surface area contributed by atoms with Gasteiger partial charge in [-0.25, -0.2) is 0 Å². The number of hydrazine groups is 1. The maximum absolute atomic E-state index is 10.8. The predicted octanol–water partition coefficient (Wildman–Crippen LogP) is -0.333. The Bertz CT molecular complexity index is 421. The molecule has 1 aromatic carbocycles. The maximum Gasteiger partial charge on any atom is 0.269 e. The fourth-order valence-electron chi connectivity index (χ4n) is 1.76. The molecule has 0 radical (unpaired) electrons. The van der Waals surface area contributed by atoms with Crippen LogP contribution in [0.5, 0.6) is 0 Å². The molecular weight excluding hydrogens is 252 g/mol. The van der Waals surface area contributed by atoms with Gasteiger partial charge in [0.25, 0.3) is 5.69 Å². The molecule has 1 aromatic rings. The van der Waals surface area contributed by atoms with Crippen molar-refractivity contribution in [3.8, 4) is 0 Å². The van der Waals surface area contributed by atoms with Gasteiger partial charge in [-0.15, -0.1) is 0 Å². The number of nitrogens with two attached hydrogens (primary N) is 1. The van der Waals surface area contributed by atoms with E-state index in [-0.39, 0.29) is 18.9 Å². The van der Waals surface area contributed by atoms with Crippen LogP contribution in [-0.2, 0) is 6.54 Å². The van der Waals surface area contributed by atoms with Gasteiger partial charge in [0, 0.05) is 31.8 Å². The number of anilines is 1. The van der Waals surface area contributed by atoms with E-state index in [1.165, 1.54) is 18.2 Å². The van der Waals surface area contributed by atoms with Crippen molar-refractivity contribution in [2.24, 2.45) is 5.84 Å². The smallest absolute Gasteiger partial charge is 0.269 e. The fraction of sp³-hybridized carbons (Fsp3) is 0.455. The molecule has 8 heteroatoms. The molecule has 1 rings (SSSR count). The molecule has 5 N–H and O–H groups in total. The summed E-state index contributed by atoms with van der Waals surface area (Å²) in [6, 6.07) is 4.32. The summed E-state index contributed by atoms with van der Waals surface area (Å²) in [5.74, 6) is 5.36. The van der Waals surface area contributed by atoms with Crippen molar-refractivity contribution in [2.45, 2.75) is 6.54 Å². The van der Waals surface area contributed by atoms with Crippen LogP contribution in [0.1, 0.15) is 5.56 Å². The third-order valence-electron chi connectivity index (χ3n) is 2.68. The Morgan fingerprint density at radius 1 is 1.32 bits per heavy atom. The molecular formula is C11H18N4O4. The second kappa shape index (κ2) is 7.64. The minimum Gasteiger partial charge on any atom is -0.395 e. The number of nitrogens with one attached hydrogen (secondary N) is 1. The van der Waals surface area contributed by atoms with E-state index in [0.29, 0.717) is 30.9 Å². The van der Waals surface area contributed by atoms with E-state index in [1.807, 2.05) is 0 Å². The average molecular weight is 270 g/mol. The molecule has 8 nitrogen and oxygen atoms in total. The Kier molecular flexibility index (Phi) is 6.16. The number of nitro benzene ring substituents is 1. The van der Waals surface area contributed by atoms with Crippen molar-refractivity contribution < 1.29 is 15.1 Å². The number of aliphatic hydroxyl groups is 2. The zero-order chi connectivity index (χ0) is 14.3. The number of non-ortho nitro benzene ring substituents is 1. The Labute approximate surface area is 110 Å². The number of aliphatic hydroxyl groups excluding tert-OH is 2. The van der Waals surface area contributed by atoms with Crippen molar-refractivity contribution in [3.05, 3.63) is 33.9 Å². The highest BCUT2D eigenvalue weighted by molar-refractivity contribution is 5.55. The molecule has 0 saturated heterocycles. The monoisotopic (exact) mass is 270 g/mol. The lowest BCUT2D eigenvalue weighted by molar-refractivity contribution is -0.384. The first-order chi connectivity index (χ1) is 9.12. The molecule has 106 valence electrons. The zero-order valence-corrected chi connectivity index (χ0v) is 10.5. The molecule has 0 unspecified atom stereocenters. The predicted molar refractivity (Wildman–Crippen MR) is 70.4 cm³/mol. The molecule has 0 bridgehead atoms. The van der Waals surface area contributed by atoms with Crippen molar-refractivity contribution in [3.63, 3.8) is 0 Å². The third-order valence-corrected chi connectivity index (χ3v) is 2.68. The van der Waals surface area contributed by atoms with E-state index in [4.69, 9.17) is 16.1 Å². The second-order valence-electron chi connectivity index (χ2n) is 3.97. The molecule has 0 aromatic heterocycles. The van der Waals surface area contributed by atoms with E-state index < -0.39 is 4.92 Å². The lowest BCUT2D eigenvalue weighted by atomic mass is 10.1. The molecule has 0 amide bonds. The fourth-order valence-corrected chi connectivity index (χ4v) is 1.76. The summed E-state index contributed by atoms with van der Waals surface area (Å²) < 4.78 is 0. The number of nitrogen functional groups attached to an aromatic ring is 1. The quantitative estimate of drug-likeness (QED) is 0.289. The molecule has 0 saturated carbocycles. The van der Waals surface area contributed by atoms with E-state index in [1.54, 1.807) is 4.90 Å². The first-order valence-corrected chi connectivity index (χ1v) is 5.80. The van der Waals surface area contributed by atoms with Gasteiger partial charge in [-0.3, -0.25) is 20.9 Å². The molecule has 0 aliphatic rings. The van der Waals surface area contributed by atoms with Crippen LogP contribution in [0.4, 0.5) is 11.4 Å². The first-order valence-electron chi connectivity index (χ1n) is 5.80. The summed E-state index contributed by atoms with van der Waals surface area (Å²) in [6.45, 7) is 0.976. The summed E-state index contributed by atoms with van der Waals surface area (Å²) in [6.07, 6.45) is 0. The van der Waals surface area contributed by atoms with Gasteiger partial charge in [0.05, 0.1) is 23.8 Å². The van der Waals surface area contributed by atoms with Gasteiger partial charge < -0.3 is 15.6 Å². The highest BCUT2D eigenvalue weighted by Gasteiger charge is 2.13. The minimum atomic E-state index is -0.480. The first kappa shape index (κ1) is 15.3. The van der Waals surface area contributed by atoms with E-state index in [0.717, 1.165) is 0 Å². The largest absolute Gasteiger partial charge is 0.395 e. The summed E-state index contributed by atoms with van der Waals surface area (Å²) in [5, 5.41) is 28.6. The van der Waals surface area contributed by atoms with Crippen LogP contribution in [-0.4, -0.2) is 46.3 Å². The Morgan fingerprint density at radius 3 is 2.42 bits per heavy atom. The standard InChI is InChI=1S/C11H18N4O4/c12-13-11-2-1-10(15(18)19)7-9(11)8-14(3-5-16)4-6-17/h1-2,7,13,16-17H,3-6,8,12H2. The molecule has 0 atom stereocenters. The average Bonchev–Trinajstić information content (AvgIpc) is 2.39. The second-order valence-corrected chi connectivity index (χ2v) is 3.97. The van der Waals surface area contributed by atoms with Crippen LogP contribution >= 0.6 is 0 Å². The Morgan fingerprint density at radius 2 is 1.95 bits per heavy atom. The highest BCUT2D eigenvalue weighted by Crippen LogP contribution is 2.22. The lowest BCUT2D eigenvalue weighted by Gasteiger charge is -2.21. The van der Waals surface area contributed by atoms with Gasteiger partial charge in [0.1, 0.15) is 0 Å². The van der Waals surface area contributed by atoms with Crippen molar-refractivity contribution in [1.82, 2.24) is 4.90 Å². The van der Waals surface area contributed by atoms with Crippen LogP contribution < -0.4 is 11.3 Å². The van der Waals surface area contributed by atoms with E-state index in [9.17, 15) is 10.1 Å². The van der Waals surface area contributed by atoms with E-state index in [2.05, 4.69) is 5.43 Å². The normalized spacial score (nSPS) is 10.7. The molecule has 0 aliphatic carbocycles. The number of benzene rings is 1. The molecule has 0 aliphatic heterocycles. The van der Waals surface area contributed by atoms with Gasteiger partial charge in [-0.05, 0) is 11.6 Å². The number of hydrogen-bond acceptors (Lipinski definition) is 7. The van der Waals surface area contributed by atoms with Gasteiger partial charge in [-0.2, -0.15) is 0 Å². The number of nitro groups is 1. The Balaban J connectivity index is 2.94. The SMILES string of the molecule is NNc1ccc([N+](=O)[O-])cc1CN(CCO)CCO. The maximum atomic E-state index is 10.8. The topological polar surface area (TPSA) is 125 Å². The van der Waals surface area contributed by atoms with Crippen molar-refractivity contribution >= 4 is 11.4 Å². The zero-order valence-electron chi connectivity index (χ0n) is 10.5. The summed E-state index contributed by atoms with van der Waals surface area (Å²) in [5.41, 5.74) is 3.66. The van der Waals surface area contributed by atoms with Gasteiger partial charge in [0.15, 0.2) is 0 Å². The van der Waals surface area contributed by atoms with Crippen molar-refractivity contribution in [2.75, 3.05) is 31.7 Å². The summed E-state index contributed by atoms with van der Waals surface area (Å²) in [4.78, 5) is 12.0. The lowest BCUT2D eigenvalue weighted by Crippen LogP contribution is -2.30. The van der Waals surface area contributed by atoms with Gasteiger partial charge in [0.2, 0.25) is 0 Å². The number of nitrogens with zero attached hydrogens (tertiary/aromatic N) is 2. The molecule has 0 heterocycles. The van der Waals surface area contributed by atoms with Crippen molar-refractivity contribution in [1.29, 1.82) is 0 Å². The van der Waals surface area contributed by atoms with E-state index >= 15 is 0 Å². The van der Waals surface area contributed by atoms with Crippen LogP contribution in [0.25, 0.3) is 0 Å². The van der Waals surface area contributed by atoms with Crippen LogP contribution in [0.2, 0.25) is 0 Å². The molecule has 0 spiro atoms. The summed E-state index contributed by atoms with van der Waals surface area (Å²) >= 11 is 0. The molecule has 0 fully saturated rings.